The van der Waals surface area contributed by atoms with Crippen molar-refractivity contribution in [1.82, 2.24) is 5.32 Å². The van der Waals surface area contributed by atoms with E-state index in [0.717, 1.165) is 12.8 Å². The number of hydrogen-bond acceptors (Lipinski definition) is 7. The van der Waals surface area contributed by atoms with Gasteiger partial charge in [-0.1, -0.05) is 0 Å². The molecule has 0 unspecified atom stereocenters. The lowest BCUT2D eigenvalue weighted by atomic mass is 9.82. The Morgan fingerprint density at radius 1 is 1.06 bits per heavy atom. The number of aliphatic carboxylic acids is 1. The Labute approximate surface area is 209 Å². The average Bonchev–Trinajstić information content (AvgIpc) is 3.20. The van der Waals surface area contributed by atoms with Gasteiger partial charge in [0.1, 0.15) is 23.0 Å². The lowest BCUT2D eigenvalue weighted by Gasteiger charge is -2.26. The molecule has 0 bridgehead atoms. The number of carbonyl (C=O) groups excluding carboxylic acids is 2. The molecule has 1 amide bonds. The van der Waals surface area contributed by atoms with Gasteiger partial charge in [-0.2, -0.15) is 0 Å². The summed E-state index contributed by atoms with van der Waals surface area (Å²) in [5.74, 6) is 0.806. The molecule has 1 saturated carbocycles. The van der Waals surface area contributed by atoms with Crippen LogP contribution in [0.1, 0.15) is 41.6 Å². The van der Waals surface area contributed by atoms with E-state index in [1.54, 1.807) is 56.7 Å². The number of benzene rings is 2. The van der Waals surface area contributed by atoms with Crippen LogP contribution in [0.25, 0.3) is 6.08 Å². The molecule has 1 heterocycles. The second-order valence-corrected chi connectivity index (χ2v) is 8.85. The van der Waals surface area contributed by atoms with Gasteiger partial charge in [-0.3, -0.25) is 14.4 Å². The number of allylic oxidation sites excluding steroid dienone is 1. The number of carbonyl (C=O) groups is 3. The van der Waals surface area contributed by atoms with Crippen LogP contribution in [-0.2, 0) is 9.59 Å². The minimum Gasteiger partial charge on any atom is -0.497 e. The SMILES string of the molecule is COc1ccc(OC)c(/C=C2\Oc3cc(OCC(=O)NCC4CCC(C(=O)O)CC4)ccc3C2=O)c1. The summed E-state index contributed by atoms with van der Waals surface area (Å²) in [6.07, 6.45) is 4.45. The summed E-state index contributed by atoms with van der Waals surface area (Å²) in [7, 11) is 3.10. The highest BCUT2D eigenvalue weighted by atomic mass is 16.5. The number of rotatable bonds is 9. The third-order valence-corrected chi connectivity index (χ3v) is 6.52. The van der Waals surface area contributed by atoms with Crippen molar-refractivity contribution in [2.45, 2.75) is 25.7 Å². The topological polar surface area (TPSA) is 120 Å². The number of nitrogens with one attached hydrogen (secondary N) is 1. The second kappa shape index (κ2) is 11.2. The van der Waals surface area contributed by atoms with Crippen LogP contribution in [0.3, 0.4) is 0 Å². The molecule has 2 aromatic rings. The number of amides is 1. The van der Waals surface area contributed by atoms with Crippen LogP contribution in [-0.4, -0.2) is 50.1 Å². The summed E-state index contributed by atoms with van der Waals surface area (Å²) in [4.78, 5) is 36.1. The molecule has 4 rings (SSSR count). The fourth-order valence-corrected chi connectivity index (χ4v) is 4.42. The monoisotopic (exact) mass is 495 g/mol. The van der Waals surface area contributed by atoms with Crippen LogP contribution in [0.4, 0.5) is 0 Å². The summed E-state index contributed by atoms with van der Waals surface area (Å²) in [5.41, 5.74) is 1.04. The summed E-state index contributed by atoms with van der Waals surface area (Å²) in [5, 5.41) is 11.9. The van der Waals surface area contributed by atoms with Gasteiger partial charge in [0.2, 0.25) is 5.78 Å². The van der Waals surface area contributed by atoms with Crippen molar-refractivity contribution >= 4 is 23.7 Å². The molecule has 0 spiro atoms. The Morgan fingerprint density at radius 3 is 2.50 bits per heavy atom. The number of Topliss-reactive ketones (excluding diaryl/α,β-unsaturated/α-hetero) is 1. The number of ether oxygens (including phenoxy) is 4. The van der Waals surface area contributed by atoms with Crippen LogP contribution in [0, 0.1) is 11.8 Å². The van der Waals surface area contributed by atoms with Gasteiger partial charge in [0.25, 0.3) is 5.91 Å². The van der Waals surface area contributed by atoms with E-state index in [0.29, 0.717) is 53.5 Å². The van der Waals surface area contributed by atoms with Gasteiger partial charge >= 0.3 is 5.97 Å². The zero-order chi connectivity index (χ0) is 25.7. The Hall–Kier alpha value is -4.01. The van der Waals surface area contributed by atoms with Crippen molar-refractivity contribution in [3.05, 3.63) is 53.3 Å². The van der Waals surface area contributed by atoms with E-state index in [4.69, 9.17) is 24.1 Å². The van der Waals surface area contributed by atoms with Gasteiger partial charge < -0.3 is 29.4 Å². The van der Waals surface area contributed by atoms with Crippen LogP contribution < -0.4 is 24.3 Å². The van der Waals surface area contributed by atoms with E-state index >= 15 is 0 Å². The molecule has 2 aliphatic rings. The molecule has 2 aromatic carbocycles. The average molecular weight is 496 g/mol. The molecule has 0 atom stereocenters. The molecule has 36 heavy (non-hydrogen) atoms. The van der Waals surface area contributed by atoms with Crippen LogP contribution >= 0.6 is 0 Å². The Morgan fingerprint density at radius 2 is 1.81 bits per heavy atom. The quantitative estimate of drug-likeness (QED) is 0.505. The predicted molar refractivity (Wildman–Crippen MR) is 131 cm³/mol. The molecule has 1 fully saturated rings. The van der Waals surface area contributed by atoms with Gasteiger partial charge in [0, 0.05) is 18.2 Å². The highest BCUT2D eigenvalue weighted by Gasteiger charge is 2.29. The first-order valence-electron chi connectivity index (χ1n) is 11.8. The smallest absolute Gasteiger partial charge is 0.306 e. The third kappa shape index (κ3) is 5.79. The fourth-order valence-electron chi connectivity index (χ4n) is 4.42. The van der Waals surface area contributed by atoms with Crippen molar-refractivity contribution in [3.8, 4) is 23.0 Å². The van der Waals surface area contributed by atoms with Crippen LogP contribution in [0.15, 0.2) is 42.2 Å². The minimum atomic E-state index is -0.742. The Kier molecular flexibility index (Phi) is 7.77. The van der Waals surface area contributed by atoms with Crippen molar-refractivity contribution in [2.75, 3.05) is 27.4 Å². The van der Waals surface area contributed by atoms with Crippen molar-refractivity contribution in [3.63, 3.8) is 0 Å². The second-order valence-electron chi connectivity index (χ2n) is 8.85. The predicted octanol–water partition coefficient (Wildman–Crippen LogP) is 3.71. The normalized spacial score (nSPS) is 19.8. The fraction of sp³-hybridized carbons (Fsp3) is 0.370. The summed E-state index contributed by atoms with van der Waals surface area (Å²) in [6.45, 7) is 0.319. The standard InChI is InChI=1S/C27H29NO8/c1-33-19-8-10-22(34-2)18(11-19)12-24-26(30)21-9-7-20(13-23(21)36-24)35-15-25(29)28-14-16-3-5-17(6-4-16)27(31)32/h7-13,16-17H,3-6,14-15H2,1-2H3,(H,28,29)(H,31,32)/b24-12-. The van der Waals surface area contributed by atoms with Crippen molar-refractivity contribution < 1.29 is 38.4 Å². The highest BCUT2D eigenvalue weighted by Crippen LogP contribution is 2.36. The molecule has 9 nitrogen and oxygen atoms in total. The number of ketones is 1. The number of carboxylic acid groups (broad SMARTS) is 1. The maximum atomic E-state index is 12.8. The van der Waals surface area contributed by atoms with E-state index < -0.39 is 5.97 Å². The molecule has 2 N–H and O–H groups in total. The lowest BCUT2D eigenvalue weighted by molar-refractivity contribution is -0.143. The Balaban J connectivity index is 1.32. The summed E-state index contributed by atoms with van der Waals surface area (Å²) in [6, 6.07) is 10.1. The number of carboxylic acids is 1. The summed E-state index contributed by atoms with van der Waals surface area (Å²) < 4.78 is 22.0. The van der Waals surface area contributed by atoms with E-state index in [9.17, 15) is 14.4 Å². The van der Waals surface area contributed by atoms with Gasteiger partial charge in [-0.05, 0) is 68.0 Å². The molecule has 190 valence electrons. The first-order valence-corrected chi connectivity index (χ1v) is 11.8. The first kappa shape index (κ1) is 25.1. The molecule has 0 aromatic heterocycles. The number of fused-ring (bicyclic) bond motifs is 1. The number of methoxy groups -OCH3 is 2. The summed E-state index contributed by atoms with van der Waals surface area (Å²) >= 11 is 0. The molecule has 0 saturated heterocycles. The lowest BCUT2D eigenvalue weighted by Crippen LogP contribution is -2.35. The van der Waals surface area contributed by atoms with Gasteiger partial charge in [0.05, 0.1) is 25.7 Å². The molecule has 1 aliphatic heterocycles. The third-order valence-electron chi connectivity index (χ3n) is 6.52. The number of hydrogen-bond donors (Lipinski definition) is 2. The molecule has 1 aliphatic carbocycles. The van der Waals surface area contributed by atoms with E-state index in [2.05, 4.69) is 5.32 Å². The van der Waals surface area contributed by atoms with Gasteiger partial charge in [-0.15, -0.1) is 0 Å². The maximum Gasteiger partial charge on any atom is 0.306 e. The molecule has 9 heteroatoms. The zero-order valence-corrected chi connectivity index (χ0v) is 20.2. The minimum absolute atomic E-state index is 0.143. The molecule has 0 radical (unpaired) electrons. The largest absolute Gasteiger partial charge is 0.497 e. The van der Waals surface area contributed by atoms with E-state index in [1.807, 2.05) is 0 Å². The first-order chi connectivity index (χ1) is 17.4. The van der Waals surface area contributed by atoms with Crippen LogP contribution in [0.2, 0.25) is 0 Å². The zero-order valence-electron chi connectivity index (χ0n) is 20.2. The highest BCUT2D eigenvalue weighted by molar-refractivity contribution is 6.14. The van der Waals surface area contributed by atoms with Crippen molar-refractivity contribution in [1.29, 1.82) is 0 Å². The van der Waals surface area contributed by atoms with Gasteiger partial charge in [-0.25, -0.2) is 0 Å². The van der Waals surface area contributed by atoms with Crippen LogP contribution in [0.5, 0.6) is 23.0 Å². The Bertz CT molecular complexity index is 1180. The van der Waals surface area contributed by atoms with E-state index in [-0.39, 0.29) is 35.9 Å². The van der Waals surface area contributed by atoms with E-state index in [1.165, 1.54) is 0 Å². The molecular weight excluding hydrogens is 466 g/mol. The van der Waals surface area contributed by atoms with Gasteiger partial charge in [0.15, 0.2) is 12.4 Å². The maximum absolute atomic E-state index is 12.8. The molecular formula is C27H29NO8. The van der Waals surface area contributed by atoms with Crippen molar-refractivity contribution in [2.24, 2.45) is 11.8 Å².